The van der Waals surface area contributed by atoms with E-state index in [1.54, 1.807) is 23.1 Å². The molecule has 1 atom stereocenters. The second-order valence-corrected chi connectivity index (χ2v) is 5.53. The molecule has 3 rings (SSSR count). The summed E-state index contributed by atoms with van der Waals surface area (Å²) in [6, 6.07) is 4.14. The molecule has 1 unspecified atom stereocenters. The number of fused-ring (bicyclic) bond motifs is 1. The van der Waals surface area contributed by atoms with Crippen molar-refractivity contribution in [2.45, 2.75) is 5.25 Å². The summed E-state index contributed by atoms with van der Waals surface area (Å²) in [5.41, 5.74) is 0.806. The van der Waals surface area contributed by atoms with E-state index in [1.165, 1.54) is 9.78 Å². The highest BCUT2D eigenvalue weighted by molar-refractivity contribution is 8.09. The summed E-state index contributed by atoms with van der Waals surface area (Å²) in [5.74, 6) is -0.158. The first-order chi connectivity index (χ1) is 7.34. The molecule has 15 heavy (non-hydrogen) atoms. The van der Waals surface area contributed by atoms with Gasteiger partial charge in [0.05, 0.1) is 10.8 Å². The fourth-order valence-electron chi connectivity index (χ4n) is 1.65. The van der Waals surface area contributed by atoms with Crippen molar-refractivity contribution < 1.29 is 9.53 Å². The van der Waals surface area contributed by atoms with Gasteiger partial charge in [-0.25, -0.2) is 4.79 Å². The van der Waals surface area contributed by atoms with Gasteiger partial charge in [0.25, 0.3) is 0 Å². The molecule has 3 heterocycles. The Labute approximate surface area is 95.6 Å². The van der Waals surface area contributed by atoms with Gasteiger partial charge in [-0.05, 0) is 23.6 Å². The second-order valence-electron chi connectivity index (χ2n) is 3.34. The number of rotatable bonds is 1. The normalized spacial score (nSPS) is 24.3. The summed E-state index contributed by atoms with van der Waals surface area (Å²) in [7, 11) is 0. The molecule has 0 bridgehead atoms. The van der Waals surface area contributed by atoms with Crippen molar-refractivity contribution in [1.82, 2.24) is 0 Å². The van der Waals surface area contributed by atoms with Gasteiger partial charge in [0, 0.05) is 9.78 Å². The predicted molar refractivity (Wildman–Crippen MR) is 62.7 cm³/mol. The summed E-state index contributed by atoms with van der Waals surface area (Å²) in [5, 5.41) is 2.26. The lowest BCUT2D eigenvalue weighted by atomic mass is 10.2. The van der Waals surface area contributed by atoms with E-state index in [9.17, 15) is 4.79 Å². The first kappa shape index (κ1) is 9.24. The van der Waals surface area contributed by atoms with Crippen LogP contribution in [-0.4, -0.2) is 17.8 Å². The maximum Gasteiger partial charge on any atom is 0.335 e. The largest absolute Gasteiger partial charge is 0.461 e. The van der Waals surface area contributed by atoms with Gasteiger partial charge in [0.15, 0.2) is 0 Å². The number of hydrogen-bond acceptors (Lipinski definition) is 4. The Bertz CT molecular complexity index is 457. The van der Waals surface area contributed by atoms with Crippen molar-refractivity contribution >= 4 is 34.0 Å². The van der Waals surface area contributed by atoms with Crippen LogP contribution in [0.1, 0.15) is 4.88 Å². The number of thioether (sulfide) groups is 1. The summed E-state index contributed by atoms with van der Waals surface area (Å²) in [6.45, 7) is 0.512. The van der Waals surface area contributed by atoms with Crippen LogP contribution in [0.15, 0.2) is 35.2 Å². The van der Waals surface area contributed by atoms with E-state index in [0.29, 0.717) is 6.61 Å². The van der Waals surface area contributed by atoms with E-state index < -0.39 is 0 Å². The molecule has 0 aromatic carbocycles. The zero-order chi connectivity index (χ0) is 10.3. The maximum atomic E-state index is 11.3. The third-order valence-electron chi connectivity index (χ3n) is 2.40. The molecular formula is C11H8O2S2. The zero-order valence-corrected chi connectivity index (χ0v) is 9.44. The molecule has 0 N–H and O–H groups in total. The smallest absolute Gasteiger partial charge is 0.335 e. The molecular weight excluding hydrogens is 228 g/mol. The first-order valence-electron chi connectivity index (χ1n) is 4.64. The number of ether oxygens (including phenoxy) is 1. The van der Waals surface area contributed by atoms with Crippen LogP contribution in [0.25, 0.3) is 4.91 Å². The Morgan fingerprint density at radius 3 is 3.13 bits per heavy atom. The molecule has 2 aliphatic rings. The van der Waals surface area contributed by atoms with Crippen LogP contribution >= 0.6 is 23.1 Å². The third-order valence-corrected chi connectivity index (χ3v) is 4.71. The summed E-state index contributed by atoms with van der Waals surface area (Å²) < 4.78 is 5.01. The van der Waals surface area contributed by atoms with Crippen molar-refractivity contribution in [3.05, 3.63) is 40.1 Å². The summed E-state index contributed by atoms with van der Waals surface area (Å²) >= 11 is 3.44. The van der Waals surface area contributed by atoms with E-state index in [2.05, 4.69) is 11.4 Å². The van der Waals surface area contributed by atoms with Crippen LogP contribution in [0, 0.1) is 0 Å². The average Bonchev–Trinajstić information content (AvgIpc) is 2.88. The van der Waals surface area contributed by atoms with Gasteiger partial charge in [-0.3, -0.25) is 0 Å². The number of hydrogen-bond donors (Lipinski definition) is 0. The topological polar surface area (TPSA) is 26.3 Å². The average molecular weight is 236 g/mol. The van der Waals surface area contributed by atoms with Crippen LogP contribution < -0.4 is 0 Å². The Balaban J connectivity index is 1.94. The number of thiophene rings is 1. The number of allylic oxidation sites excluding steroid dienone is 2. The minimum Gasteiger partial charge on any atom is -0.461 e. The predicted octanol–water partition coefficient (Wildman–Crippen LogP) is 2.69. The van der Waals surface area contributed by atoms with Gasteiger partial charge in [0.1, 0.15) is 6.61 Å². The van der Waals surface area contributed by atoms with E-state index in [4.69, 9.17) is 4.74 Å². The molecule has 1 saturated heterocycles. The van der Waals surface area contributed by atoms with E-state index in [0.717, 1.165) is 5.57 Å². The zero-order valence-electron chi connectivity index (χ0n) is 7.80. The molecule has 1 fully saturated rings. The van der Waals surface area contributed by atoms with Crippen LogP contribution in [0.3, 0.4) is 0 Å². The molecule has 0 amide bonds. The third kappa shape index (κ3) is 1.54. The van der Waals surface area contributed by atoms with Crippen LogP contribution in [0.5, 0.6) is 0 Å². The molecule has 0 saturated carbocycles. The molecule has 4 heteroatoms. The lowest BCUT2D eigenvalue weighted by molar-refractivity contribution is -0.135. The van der Waals surface area contributed by atoms with Crippen LogP contribution in [0.2, 0.25) is 0 Å². The van der Waals surface area contributed by atoms with Crippen molar-refractivity contribution in [2.24, 2.45) is 0 Å². The number of carbonyl (C=O) groups excluding carboxylic acids is 1. The molecule has 2 nitrogen and oxygen atoms in total. The molecule has 76 valence electrons. The van der Waals surface area contributed by atoms with Gasteiger partial charge in [-0.1, -0.05) is 6.07 Å². The summed E-state index contributed by atoms with van der Waals surface area (Å²) in [6.07, 6.45) is 3.90. The fraction of sp³-hybridized carbons (Fsp3) is 0.182. The highest BCUT2D eigenvalue weighted by Gasteiger charge is 2.33. The maximum absolute atomic E-state index is 11.3. The van der Waals surface area contributed by atoms with E-state index >= 15 is 0 Å². The van der Waals surface area contributed by atoms with Crippen LogP contribution in [-0.2, 0) is 9.53 Å². The number of carbonyl (C=O) groups is 1. The summed E-state index contributed by atoms with van der Waals surface area (Å²) in [4.78, 5) is 13.8. The lowest BCUT2D eigenvalue weighted by Crippen LogP contribution is -2.08. The van der Waals surface area contributed by atoms with Crippen molar-refractivity contribution in [3.8, 4) is 0 Å². The molecule has 1 aromatic heterocycles. The molecule has 1 aromatic rings. The van der Waals surface area contributed by atoms with Gasteiger partial charge >= 0.3 is 5.97 Å². The van der Waals surface area contributed by atoms with Gasteiger partial charge in [-0.2, -0.15) is 0 Å². The SMILES string of the molecule is O=C1OCC2SC(c3cccs3)=CC=C12. The van der Waals surface area contributed by atoms with E-state index in [-0.39, 0.29) is 11.2 Å². The lowest BCUT2D eigenvalue weighted by Gasteiger charge is -2.13. The minimum atomic E-state index is -0.158. The Morgan fingerprint density at radius 2 is 2.33 bits per heavy atom. The quantitative estimate of drug-likeness (QED) is 0.701. The fourth-order valence-corrected chi connectivity index (χ4v) is 3.65. The Kier molecular flexibility index (Phi) is 2.18. The van der Waals surface area contributed by atoms with Gasteiger partial charge in [-0.15, -0.1) is 23.1 Å². The number of cyclic esters (lactones) is 1. The van der Waals surface area contributed by atoms with Gasteiger partial charge in [0.2, 0.25) is 0 Å². The van der Waals surface area contributed by atoms with E-state index in [1.807, 2.05) is 18.2 Å². The minimum absolute atomic E-state index is 0.158. The highest BCUT2D eigenvalue weighted by atomic mass is 32.2. The van der Waals surface area contributed by atoms with Crippen LogP contribution in [0.4, 0.5) is 0 Å². The standard InChI is InChI=1S/C11H8O2S2/c12-11-7-3-4-9(8-2-1-5-14-8)15-10(7)6-13-11/h1-5,10H,6H2. The van der Waals surface area contributed by atoms with Crippen molar-refractivity contribution in [3.63, 3.8) is 0 Å². The Morgan fingerprint density at radius 1 is 1.40 bits per heavy atom. The second kappa shape index (κ2) is 3.54. The van der Waals surface area contributed by atoms with Crippen molar-refractivity contribution in [2.75, 3.05) is 6.61 Å². The van der Waals surface area contributed by atoms with Crippen molar-refractivity contribution in [1.29, 1.82) is 0 Å². The molecule has 0 aliphatic carbocycles. The Hall–Kier alpha value is -1.00. The number of esters is 1. The molecule has 2 aliphatic heterocycles. The first-order valence-corrected chi connectivity index (χ1v) is 6.40. The molecule has 0 radical (unpaired) electrons. The highest BCUT2D eigenvalue weighted by Crippen LogP contribution is 2.41. The monoisotopic (exact) mass is 236 g/mol. The van der Waals surface area contributed by atoms with Gasteiger partial charge < -0.3 is 4.74 Å². The molecule has 0 spiro atoms.